The van der Waals surface area contributed by atoms with E-state index >= 15 is 0 Å². The van der Waals surface area contributed by atoms with E-state index in [1.807, 2.05) is 49.3 Å². The van der Waals surface area contributed by atoms with Crippen LogP contribution in [0.5, 0.6) is 0 Å². The van der Waals surface area contributed by atoms with Gasteiger partial charge in [0, 0.05) is 19.3 Å². The predicted octanol–water partition coefficient (Wildman–Crippen LogP) is 1.44. The Morgan fingerprint density at radius 2 is 2.00 bits per heavy atom. The van der Waals surface area contributed by atoms with Gasteiger partial charge in [0.05, 0.1) is 5.69 Å². The van der Waals surface area contributed by atoms with Crippen LogP contribution in [0, 0.1) is 0 Å². The maximum absolute atomic E-state index is 11.7. The Balaban J connectivity index is 2.09. The Morgan fingerprint density at radius 3 is 2.68 bits per heavy atom. The summed E-state index contributed by atoms with van der Waals surface area (Å²) in [4.78, 5) is 20.7. The van der Waals surface area contributed by atoms with Gasteiger partial charge in [-0.15, -0.1) is 0 Å². The summed E-state index contributed by atoms with van der Waals surface area (Å²) in [5, 5.41) is 3.07. The molecule has 0 saturated heterocycles. The van der Waals surface area contributed by atoms with E-state index in [1.54, 1.807) is 6.20 Å². The molecule has 5 heteroatoms. The van der Waals surface area contributed by atoms with Gasteiger partial charge < -0.3 is 15.2 Å². The molecule has 0 unspecified atom stereocenters. The van der Waals surface area contributed by atoms with Crippen LogP contribution in [0.15, 0.2) is 41.3 Å². The number of benzene rings is 1. The summed E-state index contributed by atoms with van der Waals surface area (Å²) in [6.07, 6.45) is 1.65. The van der Waals surface area contributed by atoms with Crippen LogP contribution in [-0.2, 0) is 13.1 Å². The van der Waals surface area contributed by atoms with E-state index in [2.05, 4.69) is 15.3 Å². The van der Waals surface area contributed by atoms with Crippen molar-refractivity contribution in [3.63, 3.8) is 0 Å². The first-order chi connectivity index (χ1) is 9.15. The third kappa shape index (κ3) is 3.93. The van der Waals surface area contributed by atoms with Gasteiger partial charge in [0.1, 0.15) is 0 Å². The molecule has 0 spiro atoms. The second-order valence-electron chi connectivity index (χ2n) is 4.65. The van der Waals surface area contributed by atoms with Crippen LogP contribution in [0.1, 0.15) is 11.3 Å². The third-order valence-electron chi connectivity index (χ3n) is 2.62. The van der Waals surface area contributed by atoms with Gasteiger partial charge in [-0.25, -0.2) is 4.98 Å². The average Bonchev–Trinajstić information content (AvgIpc) is 2.40. The van der Waals surface area contributed by atoms with Crippen LogP contribution in [0.25, 0.3) is 0 Å². The lowest BCUT2D eigenvalue weighted by atomic mass is 10.2. The molecule has 1 heterocycles. The summed E-state index contributed by atoms with van der Waals surface area (Å²) in [6, 6.07) is 9.91. The largest absolute Gasteiger partial charge is 0.361 e. The fourth-order valence-corrected chi connectivity index (χ4v) is 1.75. The van der Waals surface area contributed by atoms with Gasteiger partial charge in [-0.1, -0.05) is 30.3 Å². The first-order valence-corrected chi connectivity index (χ1v) is 6.16. The van der Waals surface area contributed by atoms with E-state index in [-0.39, 0.29) is 5.56 Å². The van der Waals surface area contributed by atoms with Crippen molar-refractivity contribution in [2.24, 2.45) is 0 Å². The first-order valence-electron chi connectivity index (χ1n) is 6.16. The van der Waals surface area contributed by atoms with Crippen molar-refractivity contribution in [3.8, 4) is 0 Å². The molecule has 0 amide bonds. The van der Waals surface area contributed by atoms with E-state index in [1.165, 1.54) is 0 Å². The maximum atomic E-state index is 11.7. The summed E-state index contributed by atoms with van der Waals surface area (Å²) in [5.41, 5.74) is 1.75. The fraction of sp³-hybridized carbons (Fsp3) is 0.286. The molecule has 0 saturated carbocycles. The minimum atomic E-state index is -0.196. The predicted molar refractivity (Wildman–Crippen MR) is 76.0 cm³/mol. The number of aromatic nitrogens is 2. The molecule has 5 nitrogen and oxygen atoms in total. The smallest absolute Gasteiger partial charge is 0.290 e. The molecule has 19 heavy (non-hydrogen) atoms. The lowest BCUT2D eigenvalue weighted by molar-refractivity contribution is 0.396. The highest BCUT2D eigenvalue weighted by molar-refractivity contribution is 5.33. The van der Waals surface area contributed by atoms with Crippen molar-refractivity contribution in [2.75, 3.05) is 19.4 Å². The number of aromatic amines is 1. The molecule has 0 aliphatic carbocycles. The SMILES string of the molecule is CN(C)Cc1c[nH]c(=O)c(NCc2ccccc2)n1. The molecular formula is C14H18N4O. The van der Waals surface area contributed by atoms with Crippen LogP contribution in [0.4, 0.5) is 5.82 Å². The Labute approximate surface area is 112 Å². The maximum Gasteiger partial charge on any atom is 0.290 e. The number of rotatable bonds is 5. The molecule has 0 aliphatic heterocycles. The minimum Gasteiger partial charge on any atom is -0.361 e. The standard InChI is InChI=1S/C14H18N4O/c1-18(2)10-12-9-16-14(19)13(17-12)15-8-11-6-4-3-5-7-11/h3-7,9H,8,10H2,1-2H3,(H,15,17)(H,16,19). The van der Waals surface area contributed by atoms with Crippen molar-refractivity contribution in [2.45, 2.75) is 13.1 Å². The second-order valence-corrected chi connectivity index (χ2v) is 4.65. The van der Waals surface area contributed by atoms with E-state index in [0.29, 0.717) is 18.9 Å². The Kier molecular flexibility index (Phi) is 4.30. The van der Waals surface area contributed by atoms with Crippen molar-refractivity contribution < 1.29 is 0 Å². The van der Waals surface area contributed by atoms with Gasteiger partial charge >= 0.3 is 0 Å². The van der Waals surface area contributed by atoms with Crippen molar-refractivity contribution in [1.82, 2.24) is 14.9 Å². The van der Waals surface area contributed by atoms with Gasteiger partial charge in [-0.2, -0.15) is 0 Å². The summed E-state index contributed by atoms with van der Waals surface area (Å²) in [7, 11) is 3.92. The van der Waals surface area contributed by atoms with Crippen LogP contribution >= 0.6 is 0 Å². The molecule has 0 aliphatic rings. The zero-order valence-corrected chi connectivity index (χ0v) is 11.2. The summed E-state index contributed by atoms with van der Waals surface area (Å²) >= 11 is 0. The number of hydrogen-bond donors (Lipinski definition) is 2. The zero-order valence-electron chi connectivity index (χ0n) is 11.2. The Hall–Kier alpha value is -2.14. The highest BCUT2D eigenvalue weighted by Crippen LogP contribution is 2.03. The van der Waals surface area contributed by atoms with E-state index in [4.69, 9.17) is 0 Å². The number of nitrogens with zero attached hydrogens (tertiary/aromatic N) is 2. The molecule has 2 N–H and O–H groups in total. The van der Waals surface area contributed by atoms with Gasteiger partial charge in [0.25, 0.3) is 5.56 Å². The number of anilines is 1. The summed E-state index contributed by atoms with van der Waals surface area (Å²) in [5.74, 6) is 0.364. The molecule has 0 radical (unpaired) electrons. The van der Waals surface area contributed by atoms with Crippen LogP contribution in [-0.4, -0.2) is 29.0 Å². The molecule has 2 rings (SSSR count). The Morgan fingerprint density at radius 1 is 1.26 bits per heavy atom. The molecule has 0 fully saturated rings. The van der Waals surface area contributed by atoms with Crippen LogP contribution < -0.4 is 10.9 Å². The van der Waals surface area contributed by atoms with Gasteiger partial charge in [0.2, 0.25) is 0 Å². The quantitative estimate of drug-likeness (QED) is 0.852. The number of hydrogen-bond acceptors (Lipinski definition) is 4. The molecular weight excluding hydrogens is 240 g/mol. The fourth-order valence-electron chi connectivity index (χ4n) is 1.75. The molecule has 100 valence electrons. The van der Waals surface area contributed by atoms with Gasteiger partial charge in [0.15, 0.2) is 5.82 Å². The second kappa shape index (κ2) is 6.15. The highest BCUT2D eigenvalue weighted by atomic mass is 16.1. The summed E-state index contributed by atoms with van der Waals surface area (Å²) < 4.78 is 0. The van der Waals surface area contributed by atoms with Crippen molar-refractivity contribution in [1.29, 1.82) is 0 Å². The molecule has 0 atom stereocenters. The molecule has 1 aromatic heterocycles. The third-order valence-corrected chi connectivity index (χ3v) is 2.62. The Bertz CT molecular complexity index is 577. The van der Waals surface area contributed by atoms with Gasteiger partial charge in [-0.05, 0) is 19.7 Å². The van der Waals surface area contributed by atoms with E-state index in [0.717, 1.165) is 11.3 Å². The highest BCUT2D eigenvalue weighted by Gasteiger charge is 2.04. The van der Waals surface area contributed by atoms with Gasteiger partial charge in [-0.3, -0.25) is 4.79 Å². The van der Waals surface area contributed by atoms with E-state index < -0.39 is 0 Å². The normalized spacial score (nSPS) is 10.7. The summed E-state index contributed by atoms with van der Waals surface area (Å²) in [6.45, 7) is 1.28. The lowest BCUT2D eigenvalue weighted by Gasteiger charge is -2.10. The zero-order chi connectivity index (χ0) is 13.7. The molecule has 0 bridgehead atoms. The van der Waals surface area contributed by atoms with Crippen molar-refractivity contribution in [3.05, 3.63) is 58.1 Å². The average molecular weight is 258 g/mol. The number of nitrogens with one attached hydrogen (secondary N) is 2. The molecule has 2 aromatic rings. The van der Waals surface area contributed by atoms with Crippen molar-refractivity contribution >= 4 is 5.82 Å². The monoisotopic (exact) mass is 258 g/mol. The topological polar surface area (TPSA) is 61.0 Å². The van der Waals surface area contributed by atoms with Crippen LogP contribution in [0.2, 0.25) is 0 Å². The lowest BCUT2D eigenvalue weighted by Crippen LogP contribution is -2.19. The first kappa shape index (κ1) is 13.3. The van der Waals surface area contributed by atoms with E-state index in [9.17, 15) is 4.79 Å². The van der Waals surface area contributed by atoms with Crippen LogP contribution in [0.3, 0.4) is 0 Å². The minimum absolute atomic E-state index is 0.196. The number of H-pyrrole nitrogens is 1. The molecule has 1 aromatic carbocycles.